The molecule has 1 aromatic heterocycles. The van der Waals surface area contributed by atoms with E-state index < -0.39 is 0 Å². The largest absolute Gasteiger partial charge is 0.371 e. The molecule has 106 valence electrons. The van der Waals surface area contributed by atoms with Crippen LogP contribution in [0.4, 0.5) is 0 Å². The van der Waals surface area contributed by atoms with E-state index in [0.29, 0.717) is 0 Å². The predicted octanol–water partition coefficient (Wildman–Crippen LogP) is 1.25. The Morgan fingerprint density at radius 1 is 1.42 bits per heavy atom. The van der Waals surface area contributed by atoms with E-state index in [-0.39, 0.29) is 5.60 Å². The summed E-state index contributed by atoms with van der Waals surface area (Å²) in [6, 6.07) is 0. The van der Waals surface area contributed by atoms with Crippen LogP contribution >= 0.6 is 0 Å². The maximum atomic E-state index is 6.07. The molecule has 5 heteroatoms. The average Bonchev–Trinajstić information content (AvgIpc) is 2.72. The van der Waals surface area contributed by atoms with Crippen LogP contribution in [0.25, 0.3) is 0 Å². The van der Waals surface area contributed by atoms with Gasteiger partial charge in [0.15, 0.2) is 0 Å². The van der Waals surface area contributed by atoms with Gasteiger partial charge in [-0.1, -0.05) is 5.16 Å². The Morgan fingerprint density at radius 3 is 3.00 bits per heavy atom. The van der Waals surface area contributed by atoms with Gasteiger partial charge in [-0.25, -0.2) is 0 Å². The molecule has 1 unspecified atom stereocenters. The Kier molecular flexibility index (Phi) is 3.60. The Labute approximate surface area is 114 Å². The third-order valence-corrected chi connectivity index (χ3v) is 4.32. The van der Waals surface area contributed by atoms with Crippen molar-refractivity contribution in [3.05, 3.63) is 17.0 Å². The molecule has 0 aliphatic carbocycles. The highest BCUT2D eigenvalue weighted by Gasteiger charge is 2.38. The van der Waals surface area contributed by atoms with Crippen LogP contribution in [0, 0.1) is 13.8 Å². The smallest absolute Gasteiger partial charge is 0.138 e. The standard InChI is InChI=1S/C14H23N3O2/c1-11-13(12(2)19-16-11)8-17-6-3-4-14(10-17)9-15-5-7-18-14/h15H,3-10H2,1-2H3. The summed E-state index contributed by atoms with van der Waals surface area (Å²) < 4.78 is 11.3. The Balaban J connectivity index is 1.68. The van der Waals surface area contributed by atoms with E-state index in [2.05, 4.69) is 15.4 Å². The van der Waals surface area contributed by atoms with Crippen molar-refractivity contribution < 1.29 is 9.26 Å². The van der Waals surface area contributed by atoms with Crippen LogP contribution in [-0.4, -0.2) is 48.4 Å². The van der Waals surface area contributed by atoms with Gasteiger partial charge in [0.25, 0.3) is 0 Å². The molecule has 0 bridgehead atoms. The lowest BCUT2D eigenvalue weighted by Crippen LogP contribution is -2.58. The third kappa shape index (κ3) is 2.68. The van der Waals surface area contributed by atoms with E-state index in [1.165, 1.54) is 12.0 Å². The van der Waals surface area contributed by atoms with Crippen LogP contribution in [-0.2, 0) is 11.3 Å². The number of hydrogen-bond donors (Lipinski definition) is 1. The minimum absolute atomic E-state index is 0.0233. The van der Waals surface area contributed by atoms with E-state index in [4.69, 9.17) is 9.26 Å². The number of nitrogens with one attached hydrogen (secondary N) is 1. The van der Waals surface area contributed by atoms with Crippen molar-refractivity contribution in [3.8, 4) is 0 Å². The number of likely N-dealkylation sites (tertiary alicyclic amines) is 1. The van der Waals surface area contributed by atoms with Gasteiger partial charge in [-0.05, 0) is 33.2 Å². The predicted molar refractivity (Wildman–Crippen MR) is 72.0 cm³/mol. The van der Waals surface area contributed by atoms with Crippen LogP contribution in [0.2, 0.25) is 0 Å². The monoisotopic (exact) mass is 265 g/mol. The quantitative estimate of drug-likeness (QED) is 0.872. The molecule has 1 N–H and O–H groups in total. The number of aryl methyl sites for hydroxylation is 2. The highest BCUT2D eigenvalue weighted by atomic mass is 16.5. The van der Waals surface area contributed by atoms with Gasteiger partial charge in [0.2, 0.25) is 0 Å². The molecule has 1 aromatic rings. The second-order valence-corrected chi connectivity index (χ2v) is 5.83. The van der Waals surface area contributed by atoms with Crippen LogP contribution in [0.15, 0.2) is 4.52 Å². The van der Waals surface area contributed by atoms with Crippen LogP contribution in [0.3, 0.4) is 0 Å². The normalized spacial score (nSPS) is 28.9. The van der Waals surface area contributed by atoms with Crippen molar-refractivity contribution in [1.82, 2.24) is 15.4 Å². The fraction of sp³-hybridized carbons (Fsp3) is 0.786. The van der Waals surface area contributed by atoms with Gasteiger partial charge in [-0.2, -0.15) is 0 Å². The summed E-state index contributed by atoms with van der Waals surface area (Å²) in [5.41, 5.74) is 2.27. The van der Waals surface area contributed by atoms with E-state index >= 15 is 0 Å². The van der Waals surface area contributed by atoms with Crippen molar-refractivity contribution in [2.45, 2.75) is 38.8 Å². The fourth-order valence-corrected chi connectivity index (χ4v) is 3.25. The topological polar surface area (TPSA) is 50.5 Å². The third-order valence-electron chi connectivity index (χ3n) is 4.32. The van der Waals surface area contributed by atoms with E-state index in [0.717, 1.165) is 57.2 Å². The molecule has 2 saturated heterocycles. The van der Waals surface area contributed by atoms with Gasteiger partial charge in [-0.15, -0.1) is 0 Å². The lowest BCUT2D eigenvalue weighted by Gasteiger charge is -2.45. The summed E-state index contributed by atoms with van der Waals surface area (Å²) >= 11 is 0. The molecule has 0 amide bonds. The second kappa shape index (κ2) is 5.23. The van der Waals surface area contributed by atoms with Gasteiger partial charge in [0.1, 0.15) is 5.76 Å². The highest BCUT2D eigenvalue weighted by Crippen LogP contribution is 2.28. The zero-order chi connectivity index (χ0) is 13.3. The molecule has 2 aliphatic rings. The van der Waals surface area contributed by atoms with Gasteiger partial charge in [-0.3, -0.25) is 4.90 Å². The Morgan fingerprint density at radius 2 is 2.32 bits per heavy atom. The molecule has 3 heterocycles. The van der Waals surface area contributed by atoms with Gasteiger partial charge in [0, 0.05) is 31.7 Å². The first kappa shape index (κ1) is 13.1. The Bertz CT molecular complexity index is 413. The van der Waals surface area contributed by atoms with Crippen molar-refractivity contribution in [2.75, 3.05) is 32.8 Å². The maximum Gasteiger partial charge on any atom is 0.138 e. The summed E-state index contributed by atoms with van der Waals surface area (Å²) in [5.74, 6) is 0.944. The average molecular weight is 265 g/mol. The number of aromatic nitrogens is 1. The number of piperidine rings is 1. The number of ether oxygens (including phenoxy) is 1. The molecule has 2 fully saturated rings. The van der Waals surface area contributed by atoms with Crippen LogP contribution in [0.1, 0.15) is 29.9 Å². The molecule has 3 rings (SSSR count). The molecule has 0 radical (unpaired) electrons. The lowest BCUT2D eigenvalue weighted by atomic mass is 9.91. The molecule has 0 aromatic carbocycles. The Hall–Kier alpha value is -0.910. The number of rotatable bonds is 2. The lowest BCUT2D eigenvalue weighted by molar-refractivity contribution is -0.107. The SMILES string of the molecule is Cc1noc(C)c1CN1CCCC2(CNCCO2)C1. The van der Waals surface area contributed by atoms with Gasteiger partial charge < -0.3 is 14.6 Å². The number of hydrogen-bond acceptors (Lipinski definition) is 5. The van der Waals surface area contributed by atoms with E-state index in [1.807, 2.05) is 13.8 Å². The molecular formula is C14H23N3O2. The summed E-state index contributed by atoms with van der Waals surface area (Å²) in [4.78, 5) is 2.48. The molecule has 1 spiro atoms. The van der Waals surface area contributed by atoms with Crippen LogP contribution < -0.4 is 5.32 Å². The molecular weight excluding hydrogens is 242 g/mol. The molecule has 19 heavy (non-hydrogen) atoms. The first-order valence-corrected chi connectivity index (χ1v) is 7.17. The summed E-state index contributed by atoms with van der Waals surface area (Å²) in [7, 11) is 0. The number of morpholine rings is 1. The fourth-order valence-electron chi connectivity index (χ4n) is 3.25. The van der Waals surface area contributed by atoms with E-state index in [9.17, 15) is 0 Å². The van der Waals surface area contributed by atoms with Crippen molar-refractivity contribution >= 4 is 0 Å². The van der Waals surface area contributed by atoms with Crippen molar-refractivity contribution in [2.24, 2.45) is 0 Å². The highest BCUT2D eigenvalue weighted by molar-refractivity contribution is 5.20. The van der Waals surface area contributed by atoms with Crippen molar-refractivity contribution in [3.63, 3.8) is 0 Å². The summed E-state index contributed by atoms with van der Waals surface area (Å²) in [5, 5.41) is 7.51. The van der Waals surface area contributed by atoms with Crippen molar-refractivity contribution in [1.29, 1.82) is 0 Å². The van der Waals surface area contributed by atoms with E-state index in [1.54, 1.807) is 0 Å². The second-order valence-electron chi connectivity index (χ2n) is 5.83. The minimum atomic E-state index is 0.0233. The molecule has 2 aliphatic heterocycles. The van der Waals surface area contributed by atoms with Gasteiger partial charge >= 0.3 is 0 Å². The van der Waals surface area contributed by atoms with Crippen LogP contribution in [0.5, 0.6) is 0 Å². The molecule has 5 nitrogen and oxygen atoms in total. The molecule has 1 atom stereocenters. The maximum absolute atomic E-state index is 6.07. The van der Waals surface area contributed by atoms with Gasteiger partial charge in [0.05, 0.1) is 17.9 Å². The minimum Gasteiger partial charge on any atom is -0.371 e. The zero-order valence-electron chi connectivity index (χ0n) is 11.9. The first-order chi connectivity index (χ1) is 9.19. The summed E-state index contributed by atoms with van der Waals surface area (Å²) in [6.45, 7) is 9.86. The first-order valence-electron chi connectivity index (χ1n) is 7.17. The summed E-state index contributed by atoms with van der Waals surface area (Å²) in [6.07, 6.45) is 2.36. The molecule has 0 saturated carbocycles. The zero-order valence-corrected chi connectivity index (χ0v) is 11.9. The number of nitrogens with zero attached hydrogens (tertiary/aromatic N) is 2.